The molecule has 1 unspecified atom stereocenters. The highest BCUT2D eigenvalue weighted by Crippen LogP contribution is 2.03. The standard InChI is InChI=1S/C4H8N2S2/c1-4-3-6(2)8(7)5-4/h3,5H,1-2H3. The number of hydrogen-bond donors (Lipinski definition) is 1. The van der Waals surface area contributed by atoms with Crippen LogP contribution < -0.4 is 4.72 Å². The third-order valence-corrected chi connectivity index (χ3v) is 2.97. The van der Waals surface area contributed by atoms with Gasteiger partial charge in [0.1, 0.15) is 0 Å². The van der Waals surface area contributed by atoms with E-state index in [-0.39, 0.29) is 9.83 Å². The highest BCUT2D eigenvalue weighted by Gasteiger charge is 2.06. The number of hydrogen-bond acceptors (Lipinski definition) is 1. The van der Waals surface area contributed by atoms with Crippen LogP contribution in [0.1, 0.15) is 6.92 Å². The van der Waals surface area contributed by atoms with E-state index in [1.54, 1.807) is 0 Å². The smallest absolute Gasteiger partial charge is 0.0701 e. The Balaban J connectivity index is 2.69. The minimum atomic E-state index is -0.174. The summed E-state index contributed by atoms with van der Waals surface area (Å²) < 4.78 is 5.09. The Kier molecular flexibility index (Phi) is 1.53. The molecule has 0 saturated carbocycles. The van der Waals surface area contributed by atoms with Gasteiger partial charge in [-0.1, -0.05) is 0 Å². The molecular weight excluding hydrogens is 140 g/mol. The first-order valence-electron chi connectivity index (χ1n) is 2.30. The predicted octanol–water partition coefficient (Wildman–Crippen LogP) is 0.293. The van der Waals surface area contributed by atoms with Crippen molar-refractivity contribution in [2.45, 2.75) is 6.92 Å². The molecule has 1 atom stereocenters. The molecule has 1 rings (SSSR count). The van der Waals surface area contributed by atoms with Gasteiger partial charge in [0.2, 0.25) is 0 Å². The Labute approximate surface area is 56.4 Å². The van der Waals surface area contributed by atoms with Crippen LogP contribution in [0.15, 0.2) is 11.9 Å². The molecule has 0 amide bonds. The van der Waals surface area contributed by atoms with E-state index in [9.17, 15) is 0 Å². The maximum absolute atomic E-state index is 4.99. The zero-order valence-corrected chi connectivity index (χ0v) is 6.47. The fourth-order valence-corrected chi connectivity index (χ4v) is 1.81. The average Bonchev–Trinajstić information content (AvgIpc) is 1.85. The third kappa shape index (κ3) is 1.00. The maximum Gasteiger partial charge on any atom is 0.0701 e. The van der Waals surface area contributed by atoms with Crippen molar-refractivity contribution in [1.29, 1.82) is 0 Å². The topological polar surface area (TPSA) is 15.3 Å². The lowest BCUT2D eigenvalue weighted by Gasteiger charge is -2.05. The summed E-state index contributed by atoms with van der Waals surface area (Å²) in [5, 5.41) is 0. The van der Waals surface area contributed by atoms with E-state index in [2.05, 4.69) is 4.72 Å². The number of nitrogens with one attached hydrogen (secondary N) is 1. The van der Waals surface area contributed by atoms with Gasteiger partial charge in [0, 0.05) is 18.9 Å². The van der Waals surface area contributed by atoms with Crippen molar-refractivity contribution >= 4 is 21.0 Å². The number of allylic oxidation sites excluding steroid dienone is 1. The molecule has 1 aliphatic heterocycles. The van der Waals surface area contributed by atoms with E-state index in [1.807, 2.05) is 24.5 Å². The molecule has 0 aliphatic carbocycles. The molecule has 0 aromatic heterocycles. The van der Waals surface area contributed by atoms with Crippen molar-refractivity contribution in [3.8, 4) is 0 Å². The largest absolute Gasteiger partial charge is 0.313 e. The van der Waals surface area contributed by atoms with Gasteiger partial charge in [-0.15, -0.1) is 0 Å². The Morgan fingerprint density at radius 1 is 1.88 bits per heavy atom. The summed E-state index contributed by atoms with van der Waals surface area (Å²) >= 11 is 4.99. The minimum absolute atomic E-state index is 0.174. The maximum atomic E-state index is 4.99. The fraction of sp³-hybridized carbons (Fsp3) is 0.500. The SMILES string of the molecule is CC1=CN(C)S(=S)N1. The molecule has 0 saturated heterocycles. The van der Waals surface area contributed by atoms with Crippen molar-refractivity contribution in [3.63, 3.8) is 0 Å². The van der Waals surface area contributed by atoms with Crippen molar-refractivity contribution in [2.75, 3.05) is 7.05 Å². The molecule has 1 heterocycles. The van der Waals surface area contributed by atoms with E-state index in [0.29, 0.717) is 0 Å². The molecule has 0 radical (unpaired) electrons. The van der Waals surface area contributed by atoms with E-state index in [1.165, 1.54) is 0 Å². The second-order valence-electron chi connectivity index (χ2n) is 1.71. The molecule has 1 N–H and O–H groups in total. The van der Waals surface area contributed by atoms with Crippen LogP contribution in [0.2, 0.25) is 0 Å². The molecule has 4 heteroatoms. The molecule has 0 bridgehead atoms. The first-order valence-corrected chi connectivity index (χ1v) is 4.40. The molecule has 8 heavy (non-hydrogen) atoms. The molecule has 0 fully saturated rings. The molecule has 0 spiro atoms. The summed E-state index contributed by atoms with van der Waals surface area (Å²) in [6.45, 7) is 2.01. The Bertz CT molecular complexity index is 152. The molecule has 0 aromatic rings. The van der Waals surface area contributed by atoms with Crippen molar-refractivity contribution < 1.29 is 0 Å². The minimum Gasteiger partial charge on any atom is -0.313 e. The van der Waals surface area contributed by atoms with E-state index in [0.717, 1.165) is 5.70 Å². The van der Waals surface area contributed by atoms with Crippen molar-refractivity contribution in [2.24, 2.45) is 0 Å². The zero-order chi connectivity index (χ0) is 6.15. The van der Waals surface area contributed by atoms with Crippen LogP contribution in [0.5, 0.6) is 0 Å². The second-order valence-corrected chi connectivity index (χ2v) is 3.94. The second kappa shape index (κ2) is 2.03. The van der Waals surface area contributed by atoms with Gasteiger partial charge in [0.05, 0.1) is 9.83 Å². The third-order valence-electron chi connectivity index (χ3n) is 0.885. The van der Waals surface area contributed by atoms with Crippen LogP contribution >= 0.6 is 0 Å². The van der Waals surface area contributed by atoms with E-state index < -0.39 is 0 Å². The summed E-state index contributed by atoms with van der Waals surface area (Å²) in [7, 11) is 1.80. The zero-order valence-electron chi connectivity index (χ0n) is 4.84. The van der Waals surface area contributed by atoms with Gasteiger partial charge >= 0.3 is 0 Å². The lowest BCUT2D eigenvalue weighted by molar-refractivity contribution is 0.779. The van der Waals surface area contributed by atoms with Gasteiger partial charge in [-0.3, -0.25) is 0 Å². The Hall–Kier alpha value is -0.0900. The molecule has 2 nitrogen and oxygen atoms in total. The van der Waals surface area contributed by atoms with Crippen LogP contribution in [0, 0.1) is 0 Å². The van der Waals surface area contributed by atoms with Crippen LogP contribution in [-0.4, -0.2) is 11.4 Å². The number of nitrogens with zero attached hydrogens (tertiary/aromatic N) is 1. The Morgan fingerprint density at radius 2 is 2.50 bits per heavy atom. The quantitative estimate of drug-likeness (QED) is 0.531. The van der Waals surface area contributed by atoms with Gasteiger partial charge in [-0.05, 0) is 18.1 Å². The summed E-state index contributed by atoms with van der Waals surface area (Å²) in [4.78, 5) is 0. The molecule has 1 aliphatic rings. The van der Waals surface area contributed by atoms with Gasteiger partial charge in [-0.2, -0.15) is 0 Å². The lowest BCUT2D eigenvalue weighted by atomic mass is 10.6. The van der Waals surface area contributed by atoms with E-state index >= 15 is 0 Å². The predicted molar refractivity (Wildman–Crippen MR) is 39.4 cm³/mol. The van der Waals surface area contributed by atoms with Gasteiger partial charge in [-0.25, -0.2) is 0 Å². The lowest BCUT2D eigenvalue weighted by Crippen LogP contribution is -2.16. The van der Waals surface area contributed by atoms with Crippen molar-refractivity contribution in [1.82, 2.24) is 9.03 Å². The summed E-state index contributed by atoms with van der Waals surface area (Å²) in [5.74, 6) is 0. The average molecular weight is 148 g/mol. The van der Waals surface area contributed by atoms with Gasteiger partial charge in [0.25, 0.3) is 0 Å². The van der Waals surface area contributed by atoms with Crippen LogP contribution in [-0.2, 0) is 21.0 Å². The van der Waals surface area contributed by atoms with Gasteiger partial charge < -0.3 is 9.03 Å². The van der Waals surface area contributed by atoms with Gasteiger partial charge in [0.15, 0.2) is 0 Å². The van der Waals surface area contributed by atoms with Crippen LogP contribution in [0.4, 0.5) is 0 Å². The number of rotatable bonds is 0. The van der Waals surface area contributed by atoms with Crippen molar-refractivity contribution in [3.05, 3.63) is 11.9 Å². The normalized spacial score (nSPS) is 27.5. The fourth-order valence-electron chi connectivity index (χ4n) is 0.557. The first-order chi connectivity index (χ1) is 3.70. The first kappa shape index (κ1) is 6.04. The highest BCUT2D eigenvalue weighted by atomic mass is 32.8. The molecule has 46 valence electrons. The van der Waals surface area contributed by atoms with Crippen LogP contribution in [0.3, 0.4) is 0 Å². The molecule has 0 aromatic carbocycles. The summed E-state index contributed by atoms with van der Waals surface area (Å²) in [6, 6.07) is 0. The summed E-state index contributed by atoms with van der Waals surface area (Å²) in [5.41, 5.74) is 1.16. The van der Waals surface area contributed by atoms with E-state index in [4.69, 9.17) is 11.2 Å². The monoisotopic (exact) mass is 148 g/mol. The molecular formula is C4H8N2S2. The van der Waals surface area contributed by atoms with Crippen LogP contribution in [0.25, 0.3) is 0 Å². The summed E-state index contributed by atoms with van der Waals surface area (Å²) in [6.07, 6.45) is 2.01. The highest BCUT2D eigenvalue weighted by molar-refractivity contribution is 8.26. The Morgan fingerprint density at radius 3 is 2.62 bits per heavy atom.